The number of aliphatic hydroxyl groups excluding tert-OH is 1. The number of Topliss-reactive ketones (excluding diaryl/α,β-unsaturated/α-hetero) is 1. The van der Waals surface area contributed by atoms with Gasteiger partial charge < -0.3 is 19.9 Å². The number of aliphatic hydroxyl groups is 1. The molecular formula is C16H25NO4. The zero-order valence-electron chi connectivity index (χ0n) is 13.0. The molecule has 0 heterocycles. The van der Waals surface area contributed by atoms with Crippen molar-refractivity contribution in [2.24, 2.45) is 0 Å². The third-order valence-corrected chi connectivity index (χ3v) is 2.84. The van der Waals surface area contributed by atoms with Crippen molar-refractivity contribution in [3.8, 4) is 5.75 Å². The molecule has 21 heavy (non-hydrogen) atoms. The number of ether oxygens (including phenoxy) is 2. The monoisotopic (exact) mass is 295 g/mol. The van der Waals surface area contributed by atoms with Crippen LogP contribution in [0.2, 0.25) is 0 Å². The minimum absolute atomic E-state index is 0.0132. The van der Waals surface area contributed by atoms with Gasteiger partial charge in [-0.2, -0.15) is 0 Å². The topological polar surface area (TPSA) is 67.8 Å². The Balaban J connectivity index is 2.42. The fourth-order valence-electron chi connectivity index (χ4n) is 1.83. The molecule has 0 bridgehead atoms. The molecule has 0 saturated heterocycles. The summed E-state index contributed by atoms with van der Waals surface area (Å²) in [6, 6.07) is 6.90. The summed E-state index contributed by atoms with van der Waals surface area (Å²) in [4.78, 5) is 12.2. The summed E-state index contributed by atoms with van der Waals surface area (Å²) >= 11 is 0. The molecule has 0 radical (unpaired) electrons. The highest BCUT2D eigenvalue weighted by molar-refractivity contribution is 5.99. The smallest absolute Gasteiger partial charge is 0.179 e. The van der Waals surface area contributed by atoms with Crippen LogP contribution in [-0.2, 0) is 4.74 Å². The molecule has 0 aliphatic rings. The average Bonchev–Trinajstić information content (AvgIpc) is 2.46. The van der Waals surface area contributed by atoms with Crippen LogP contribution in [0.15, 0.2) is 24.3 Å². The summed E-state index contributed by atoms with van der Waals surface area (Å²) in [7, 11) is 0. The van der Waals surface area contributed by atoms with E-state index in [4.69, 9.17) is 14.6 Å². The summed E-state index contributed by atoms with van der Waals surface area (Å²) in [6.45, 7) is 7.13. The number of hydrogen-bond acceptors (Lipinski definition) is 5. The van der Waals surface area contributed by atoms with Gasteiger partial charge in [-0.15, -0.1) is 0 Å². The zero-order valence-corrected chi connectivity index (χ0v) is 13.0. The maximum absolute atomic E-state index is 12.2. The molecule has 0 spiro atoms. The number of rotatable bonds is 10. The average molecular weight is 295 g/mol. The second-order valence-corrected chi connectivity index (χ2v) is 5.07. The summed E-state index contributed by atoms with van der Waals surface area (Å²) < 4.78 is 10.7. The van der Waals surface area contributed by atoms with Gasteiger partial charge in [0.15, 0.2) is 5.78 Å². The first-order valence-electron chi connectivity index (χ1n) is 7.27. The van der Waals surface area contributed by atoms with Gasteiger partial charge in [0.1, 0.15) is 5.75 Å². The van der Waals surface area contributed by atoms with Crippen LogP contribution in [0, 0.1) is 0 Å². The van der Waals surface area contributed by atoms with E-state index in [1.165, 1.54) is 0 Å². The Hall–Kier alpha value is -1.43. The molecule has 0 aromatic heterocycles. The van der Waals surface area contributed by atoms with Crippen molar-refractivity contribution in [1.29, 1.82) is 0 Å². The first-order chi connectivity index (χ1) is 10.0. The van der Waals surface area contributed by atoms with Gasteiger partial charge in [0.05, 0.1) is 32.0 Å². The molecule has 5 heteroatoms. The predicted molar refractivity (Wildman–Crippen MR) is 81.9 cm³/mol. The predicted octanol–water partition coefficient (Wildman–Crippen LogP) is 1.64. The van der Waals surface area contributed by atoms with E-state index in [1.807, 2.05) is 32.9 Å². The molecule has 1 unspecified atom stereocenters. The molecule has 0 fully saturated rings. The lowest BCUT2D eigenvalue weighted by Gasteiger charge is -2.14. The van der Waals surface area contributed by atoms with E-state index in [-0.39, 0.29) is 24.5 Å². The Kier molecular flexibility index (Phi) is 7.97. The van der Waals surface area contributed by atoms with Crippen LogP contribution < -0.4 is 10.1 Å². The van der Waals surface area contributed by atoms with Crippen molar-refractivity contribution in [1.82, 2.24) is 5.32 Å². The molecule has 2 N–H and O–H groups in total. The van der Waals surface area contributed by atoms with Crippen LogP contribution in [0.25, 0.3) is 0 Å². The third kappa shape index (κ3) is 6.71. The molecule has 1 rings (SSSR count). The number of carbonyl (C=O) groups excluding carboxylic acids is 1. The van der Waals surface area contributed by atoms with Crippen molar-refractivity contribution in [2.75, 3.05) is 26.4 Å². The van der Waals surface area contributed by atoms with E-state index in [0.717, 1.165) is 5.75 Å². The Morgan fingerprint density at radius 2 is 1.86 bits per heavy atom. The fraction of sp³-hybridized carbons (Fsp3) is 0.562. The molecule has 0 amide bonds. The van der Waals surface area contributed by atoms with Gasteiger partial charge in [0, 0.05) is 12.1 Å². The number of ketones is 1. The van der Waals surface area contributed by atoms with Crippen molar-refractivity contribution < 1.29 is 19.4 Å². The lowest BCUT2D eigenvalue weighted by Crippen LogP contribution is -2.36. The Morgan fingerprint density at radius 3 is 2.43 bits per heavy atom. The van der Waals surface area contributed by atoms with Crippen molar-refractivity contribution in [3.63, 3.8) is 0 Å². The van der Waals surface area contributed by atoms with Gasteiger partial charge in [-0.05, 0) is 45.0 Å². The molecule has 1 aromatic rings. The molecular weight excluding hydrogens is 270 g/mol. The van der Waals surface area contributed by atoms with Gasteiger partial charge in [0.2, 0.25) is 0 Å². The Labute approximate surface area is 126 Å². The molecule has 5 nitrogen and oxygen atoms in total. The largest absolute Gasteiger partial charge is 0.491 e. The highest BCUT2D eigenvalue weighted by atomic mass is 16.5. The molecule has 0 aliphatic heterocycles. The van der Waals surface area contributed by atoms with E-state index < -0.39 is 0 Å². The minimum atomic E-state index is -0.278. The number of nitrogens with one attached hydrogen (secondary N) is 1. The van der Waals surface area contributed by atoms with Crippen LogP contribution in [0.3, 0.4) is 0 Å². The highest BCUT2D eigenvalue weighted by Gasteiger charge is 2.14. The Morgan fingerprint density at radius 1 is 1.19 bits per heavy atom. The number of hydrogen-bond donors (Lipinski definition) is 2. The molecule has 0 saturated carbocycles. The van der Waals surface area contributed by atoms with Crippen molar-refractivity contribution in [3.05, 3.63) is 29.8 Å². The van der Waals surface area contributed by atoms with Crippen LogP contribution in [-0.4, -0.2) is 49.4 Å². The van der Waals surface area contributed by atoms with E-state index in [0.29, 0.717) is 25.3 Å². The first kappa shape index (κ1) is 17.6. The van der Waals surface area contributed by atoms with Gasteiger partial charge in [-0.1, -0.05) is 0 Å². The lowest BCUT2D eigenvalue weighted by atomic mass is 10.1. The maximum Gasteiger partial charge on any atom is 0.179 e. The summed E-state index contributed by atoms with van der Waals surface area (Å²) in [5.74, 6) is 0.799. The molecule has 1 aromatic carbocycles. The second-order valence-electron chi connectivity index (χ2n) is 5.07. The lowest BCUT2D eigenvalue weighted by molar-refractivity contribution is 0.0870. The van der Waals surface area contributed by atoms with E-state index in [9.17, 15) is 4.79 Å². The van der Waals surface area contributed by atoms with Crippen molar-refractivity contribution >= 4 is 5.78 Å². The quantitative estimate of drug-likeness (QED) is 0.507. The van der Waals surface area contributed by atoms with Gasteiger partial charge in [-0.3, -0.25) is 4.79 Å². The van der Waals surface area contributed by atoms with Gasteiger partial charge in [-0.25, -0.2) is 0 Å². The summed E-state index contributed by atoms with van der Waals surface area (Å²) in [5, 5.41) is 11.7. The van der Waals surface area contributed by atoms with Crippen LogP contribution in [0.5, 0.6) is 5.75 Å². The SMILES string of the molecule is CC(C)Oc1ccc(C(=O)C(C)NCCOCCO)cc1. The Bertz CT molecular complexity index is 417. The van der Waals surface area contributed by atoms with E-state index >= 15 is 0 Å². The van der Waals surface area contributed by atoms with E-state index in [1.54, 1.807) is 12.1 Å². The first-order valence-corrected chi connectivity index (χ1v) is 7.27. The number of benzene rings is 1. The maximum atomic E-state index is 12.2. The molecule has 1 atom stereocenters. The summed E-state index contributed by atoms with van der Waals surface area (Å²) in [5.41, 5.74) is 0.655. The standard InChI is InChI=1S/C16H25NO4/c1-12(2)21-15-6-4-14(5-7-15)16(19)13(3)17-8-10-20-11-9-18/h4-7,12-13,17-18H,8-11H2,1-3H3. The van der Waals surface area contributed by atoms with Gasteiger partial charge in [0.25, 0.3) is 0 Å². The van der Waals surface area contributed by atoms with Crippen LogP contribution in [0.1, 0.15) is 31.1 Å². The van der Waals surface area contributed by atoms with E-state index in [2.05, 4.69) is 5.32 Å². The second kappa shape index (κ2) is 9.50. The minimum Gasteiger partial charge on any atom is -0.491 e. The van der Waals surface area contributed by atoms with Gasteiger partial charge >= 0.3 is 0 Å². The summed E-state index contributed by atoms with van der Waals surface area (Å²) in [6.07, 6.45) is 0.117. The van der Waals surface area contributed by atoms with Crippen LogP contribution >= 0.6 is 0 Å². The third-order valence-electron chi connectivity index (χ3n) is 2.84. The van der Waals surface area contributed by atoms with Crippen LogP contribution in [0.4, 0.5) is 0 Å². The zero-order chi connectivity index (χ0) is 15.7. The van der Waals surface area contributed by atoms with Crippen molar-refractivity contribution in [2.45, 2.75) is 32.9 Å². The fourth-order valence-corrected chi connectivity index (χ4v) is 1.83. The molecule has 0 aliphatic carbocycles. The molecule has 118 valence electrons. The number of carbonyl (C=O) groups is 1. The highest BCUT2D eigenvalue weighted by Crippen LogP contribution is 2.15. The normalized spacial score (nSPS) is 12.4.